The minimum Gasteiger partial charge on any atom is -0.497 e. The van der Waals surface area contributed by atoms with Gasteiger partial charge in [-0.3, -0.25) is 4.79 Å². The van der Waals surface area contributed by atoms with Gasteiger partial charge in [0, 0.05) is 23.5 Å². The number of carbonyl (C=O) groups is 1. The Morgan fingerprint density at radius 2 is 1.79 bits per heavy atom. The Morgan fingerprint density at radius 3 is 2.46 bits per heavy atom. The Balaban J connectivity index is 1.52. The number of halogens is 1. The summed E-state index contributed by atoms with van der Waals surface area (Å²) in [6.07, 6.45) is 0.982. The van der Waals surface area contributed by atoms with Gasteiger partial charge in [0.05, 0.1) is 7.11 Å². The van der Waals surface area contributed by atoms with E-state index >= 15 is 0 Å². The summed E-state index contributed by atoms with van der Waals surface area (Å²) < 4.78 is 11.8. The molecule has 2 aromatic rings. The number of hydrogen-bond acceptors (Lipinski definition) is 3. The van der Waals surface area contributed by atoms with Gasteiger partial charge < -0.3 is 14.4 Å². The first kappa shape index (κ1) is 16.8. The maximum absolute atomic E-state index is 12.3. The highest BCUT2D eigenvalue weighted by Gasteiger charge is 2.27. The number of carbonyl (C=O) groups excluding carboxylic acids is 1. The average molecular weight is 390 g/mol. The van der Waals surface area contributed by atoms with Crippen LogP contribution in [-0.4, -0.2) is 37.6 Å². The average Bonchev–Trinajstić information content (AvgIpc) is 3.11. The van der Waals surface area contributed by atoms with Gasteiger partial charge in [0.1, 0.15) is 11.5 Å². The van der Waals surface area contributed by atoms with E-state index in [9.17, 15) is 4.79 Å². The molecule has 3 rings (SSSR count). The third kappa shape index (κ3) is 4.09. The van der Waals surface area contributed by atoms with E-state index in [0.29, 0.717) is 11.7 Å². The van der Waals surface area contributed by atoms with E-state index in [1.54, 1.807) is 7.11 Å². The van der Waals surface area contributed by atoms with Crippen molar-refractivity contribution in [2.24, 2.45) is 0 Å². The Kier molecular flexibility index (Phi) is 5.41. The number of rotatable bonds is 5. The molecular weight excluding hydrogens is 370 g/mol. The van der Waals surface area contributed by atoms with Crippen molar-refractivity contribution in [2.75, 3.05) is 26.8 Å². The van der Waals surface area contributed by atoms with Crippen molar-refractivity contribution in [2.45, 2.75) is 12.3 Å². The Labute approximate surface area is 150 Å². The van der Waals surface area contributed by atoms with Gasteiger partial charge in [-0.25, -0.2) is 0 Å². The Hall–Kier alpha value is -2.01. The highest BCUT2D eigenvalue weighted by atomic mass is 79.9. The fourth-order valence-corrected chi connectivity index (χ4v) is 3.17. The molecule has 126 valence electrons. The van der Waals surface area contributed by atoms with Crippen molar-refractivity contribution in [3.8, 4) is 11.5 Å². The van der Waals surface area contributed by atoms with Crippen LogP contribution in [0.25, 0.3) is 0 Å². The lowest BCUT2D eigenvalue weighted by Crippen LogP contribution is -2.32. The smallest absolute Gasteiger partial charge is 0.260 e. The van der Waals surface area contributed by atoms with E-state index in [1.807, 2.05) is 41.3 Å². The van der Waals surface area contributed by atoms with Crippen molar-refractivity contribution in [3.63, 3.8) is 0 Å². The van der Waals surface area contributed by atoms with Gasteiger partial charge in [0.2, 0.25) is 0 Å². The summed E-state index contributed by atoms with van der Waals surface area (Å²) in [7, 11) is 1.66. The lowest BCUT2D eigenvalue weighted by atomic mass is 9.98. The SMILES string of the molecule is COc1ccc(C2CCN(C(=O)COc3ccc(Br)cc3)C2)cc1. The van der Waals surface area contributed by atoms with Crippen LogP contribution in [0, 0.1) is 0 Å². The molecule has 5 heteroatoms. The van der Waals surface area contributed by atoms with Crippen molar-refractivity contribution < 1.29 is 14.3 Å². The lowest BCUT2D eigenvalue weighted by Gasteiger charge is -2.17. The molecule has 0 spiro atoms. The molecule has 2 aromatic carbocycles. The predicted octanol–water partition coefficient (Wildman–Crippen LogP) is 3.85. The molecule has 0 saturated carbocycles. The normalized spacial score (nSPS) is 16.9. The third-order valence-electron chi connectivity index (χ3n) is 4.30. The summed E-state index contributed by atoms with van der Waals surface area (Å²) in [4.78, 5) is 14.2. The van der Waals surface area contributed by atoms with Crippen LogP contribution in [-0.2, 0) is 4.79 Å². The quantitative estimate of drug-likeness (QED) is 0.779. The van der Waals surface area contributed by atoms with Crippen LogP contribution in [0.5, 0.6) is 11.5 Å². The second kappa shape index (κ2) is 7.71. The molecule has 1 fully saturated rings. The van der Waals surface area contributed by atoms with E-state index in [0.717, 1.165) is 29.7 Å². The molecule has 1 aliphatic rings. The van der Waals surface area contributed by atoms with Crippen LogP contribution < -0.4 is 9.47 Å². The largest absolute Gasteiger partial charge is 0.497 e. The molecule has 1 atom stereocenters. The minimum atomic E-state index is 0.0360. The second-order valence-electron chi connectivity index (χ2n) is 5.84. The fraction of sp³-hybridized carbons (Fsp3) is 0.316. The maximum atomic E-state index is 12.3. The fourth-order valence-electron chi connectivity index (χ4n) is 2.90. The van der Waals surface area contributed by atoms with Crippen molar-refractivity contribution in [3.05, 3.63) is 58.6 Å². The second-order valence-corrected chi connectivity index (χ2v) is 6.76. The zero-order chi connectivity index (χ0) is 16.9. The molecule has 0 aliphatic carbocycles. The van der Waals surface area contributed by atoms with Gasteiger partial charge in [-0.2, -0.15) is 0 Å². The number of hydrogen-bond donors (Lipinski definition) is 0. The zero-order valence-electron chi connectivity index (χ0n) is 13.6. The summed E-state index contributed by atoms with van der Waals surface area (Å²) >= 11 is 3.38. The molecule has 1 heterocycles. The van der Waals surface area contributed by atoms with Crippen molar-refractivity contribution in [1.29, 1.82) is 0 Å². The zero-order valence-corrected chi connectivity index (χ0v) is 15.2. The molecular formula is C19H20BrNO3. The molecule has 24 heavy (non-hydrogen) atoms. The molecule has 0 bridgehead atoms. The first-order chi connectivity index (χ1) is 11.7. The first-order valence-corrected chi connectivity index (χ1v) is 8.75. The van der Waals surface area contributed by atoms with E-state index in [4.69, 9.17) is 9.47 Å². The number of amides is 1. The van der Waals surface area contributed by atoms with E-state index in [2.05, 4.69) is 28.1 Å². The number of ether oxygens (including phenoxy) is 2. The monoisotopic (exact) mass is 389 g/mol. The number of benzene rings is 2. The molecule has 1 aliphatic heterocycles. The van der Waals surface area contributed by atoms with Gasteiger partial charge in [0.15, 0.2) is 6.61 Å². The molecule has 1 unspecified atom stereocenters. The van der Waals surface area contributed by atoms with Gasteiger partial charge in [-0.1, -0.05) is 28.1 Å². The van der Waals surface area contributed by atoms with Gasteiger partial charge in [0.25, 0.3) is 5.91 Å². The standard InChI is InChI=1S/C19H20BrNO3/c1-23-17-6-2-14(3-7-17)15-10-11-21(12-15)19(22)13-24-18-8-4-16(20)5-9-18/h2-9,15H,10-13H2,1H3. The molecule has 1 amide bonds. The summed E-state index contributed by atoms with van der Waals surface area (Å²) in [5.74, 6) is 1.98. The Morgan fingerprint density at radius 1 is 1.12 bits per heavy atom. The molecule has 4 nitrogen and oxygen atoms in total. The highest BCUT2D eigenvalue weighted by Crippen LogP contribution is 2.28. The van der Waals surface area contributed by atoms with Crippen LogP contribution in [0.15, 0.2) is 53.0 Å². The highest BCUT2D eigenvalue weighted by molar-refractivity contribution is 9.10. The molecule has 0 N–H and O–H groups in total. The summed E-state index contributed by atoms with van der Waals surface area (Å²) in [6, 6.07) is 15.6. The lowest BCUT2D eigenvalue weighted by molar-refractivity contribution is -0.132. The van der Waals surface area contributed by atoms with E-state index in [1.165, 1.54) is 5.56 Å². The van der Waals surface area contributed by atoms with Crippen LogP contribution in [0.2, 0.25) is 0 Å². The van der Waals surface area contributed by atoms with Crippen molar-refractivity contribution >= 4 is 21.8 Å². The summed E-state index contributed by atoms with van der Waals surface area (Å²) in [6.45, 7) is 1.60. The Bertz CT molecular complexity index is 685. The number of methoxy groups -OCH3 is 1. The summed E-state index contributed by atoms with van der Waals surface area (Å²) in [5, 5.41) is 0. The van der Waals surface area contributed by atoms with E-state index < -0.39 is 0 Å². The van der Waals surface area contributed by atoms with Crippen LogP contribution in [0.4, 0.5) is 0 Å². The first-order valence-electron chi connectivity index (χ1n) is 7.96. The number of nitrogens with zero attached hydrogens (tertiary/aromatic N) is 1. The number of likely N-dealkylation sites (tertiary alicyclic amines) is 1. The topological polar surface area (TPSA) is 38.8 Å². The molecule has 0 radical (unpaired) electrons. The predicted molar refractivity (Wildman–Crippen MR) is 96.6 cm³/mol. The van der Waals surface area contributed by atoms with Crippen molar-refractivity contribution in [1.82, 2.24) is 4.90 Å². The molecule has 0 aromatic heterocycles. The molecule has 1 saturated heterocycles. The van der Waals surface area contributed by atoms with E-state index in [-0.39, 0.29) is 12.5 Å². The van der Waals surface area contributed by atoms with Crippen LogP contribution >= 0.6 is 15.9 Å². The minimum absolute atomic E-state index is 0.0360. The van der Waals surface area contributed by atoms with Crippen LogP contribution in [0.3, 0.4) is 0 Å². The van der Waals surface area contributed by atoms with Crippen LogP contribution in [0.1, 0.15) is 17.9 Å². The van der Waals surface area contributed by atoms with Gasteiger partial charge in [-0.15, -0.1) is 0 Å². The van der Waals surface area contributed by atoms with Gasteiger partial charge >= 0.3 is 0 Å². The third-order valence-corrected chi connectivity index (χ3v) is 4.83. The summed E-state index contributed by atoms with van der Waals surface area (Å²) in [5.41, 5.74) is 1.25. The maximum Gasteiger partial charge on any atom is 0.260 e. The van der Waals surface area contributed by atoms with Gasteiger partial charge in [-0.05, 0) is 48.4 Å².